The number of aryl methyl sites for hydroxylation is 1. The lowest BCUT2D eigenvalue weighted by atomic mass is 9.86. The summed E-state index contributed by atoms with van der Waals surface area (Å²) in [7, 11) is 1.67. The van der Waals surface area contributed by atoms with Gasteiger partial charge in [0.1, 0.15) is 5.75 Å². The number of hydrogen-bond acceptors (Lipinski definition) is 4. The number of carbonyl (C=O) groups is 2. The highest BCUT2D eigenvalue weighted by atomic mass is 16.5. The third-order valence-electron chi connectivity index (χ3n) is 6.98. The van der Waals surface area contributed by atoms with Crippen molar-refractivity contribution in [2.45, 2.75) is 51.4 Å². The smallest absolute Gasteiger partial charge is 0.241 e. The van der Waals surface area contributed by atoms with E-state index < -0.39 is 0 Å². The van der Waals surface area contributed by atoms with Gasteiger partial charge in [-0.1, -0.05) is 19.3 Å². The molecule has 2 aliphatic heterocycles. The number of hydrogen-bond donors (Lipinski definition) is 0. The van der Waals surface area contributed by atoms with Crippen LogP contribution in [0.1, 0.15) is 50.5 Å². The molecule has 164 valence electrons. The van der Waals surface area contributed by atoms with E-state index in [1.807, 2.05) is 28.0 Å². The Bertz CT molecular complexity index is 752. The highest BCUT2D eigenvalue weighted by Gasteiger charge is 2.28. The first-order chi connectivity index (χ1) is 14.6. The minimum Gasteiger partial charge on any atom is -0.497 e. The third kappa shape index (κ3) is 4.97. The maximum Gasteiger partial charge on any atom is 0.241 e. The average molecular weight is 414 g/mol. The molecule has 30 heavy (non-hydrogen) atoms. The van der Waals surface area contributed by atoms with Crippen molar-refractivity contribution in [1.82, 2.24) is 9.80 Å². The number of anilines is 1. The molecule has 1 aliphatic carbocycles. The second-order valence-electron chi connectivity index (χ2n) is 9.01. The summed E-state index contributed by atoms with van der Waals surface area (Å²) >= 11 is 0. The van der Waals surface area contributed by atoms with Gasteiger partial charge in [0.2, 0.25) is 11.8 Å². The van der Waals surface area contributed by atoms with Crippen LogP contribution in [-0.4, -0.2) is 68.0 Å². The van der Waals surface area contributed by atoms with E-state index in [4.69, 9.17) is 4.74 Å². The van der Waals surface area contributed by atoms with Gasteiger partial charge in [0, 0.05) is 44.8 Å². The van der Waals surface area contributed by atoms with Gasteiger partial charge in [-0.05, 0) is 55.4 Å². The zero-order chi connectivity index (χ0) is 20.9. The number of methoxy groups -OCH3 is 1. The van der Waals surface area contributed by atoms with Crippen LogP contribution >= 0.6 is 0 Å². The van der Waals surface area contributed by atoms with Gasteiger partial charge in [0.05, 0.1) is 13.7 Å². The van der Waals surface area contributed by atoms with Gasteiger partial charge >= 0.3 is 0 Å². The van der Waals surface area contributed by atoms with Gasteiger partial charge in [0.25, 0.3) is 0 Å². The lowest BCUT2D eigenvalue weighted by Crippen LogP contribution is -2.52. The number of fused-ring (bicyclic) bond motifs is 1. The van der Waals surface area contributed by atoms with Gasteiger partial charge in [0.15, 0.2) is 0 Å². The Morgan fingerprint density at radius 2 is 1.73 bits per heavy atom. The van der Waals surface area contributed by atoms with Crippen LogP contribution in [0.3, 0.4) is 0 Å². The van der Waals surface area contributed by atoms with Crippen molar-refractivity contribution in [3.05, 3.63) is 23.8 Å². The van der Waals surface area contributed by atoms with E-state index in [2.05, 4.69) is 4.90 Å². The predicted molar refractivity (Wildman–Crippen MR) is 118 cm³/mol. The van der Waals surface area contributed by atoms with Crippen LogP contribution in [0.5, 0.6) is 5.75 Å². The third-order valence-corrected chi connectivity index (χ3v) is 6.98. The first kappa shape index (κ1) is 21.2. The number of ether oxygens (including phenoxy) is 1. The lowest BCUT2D eigenvalue weighted by molar-refractivity contribution is -0.134. The maximum absolute atomic E-state index is 13.0. The Morgan fingerprint density at radius 3 is 2.47 bits per heavy atom. The molecule has 1 aromatic rings. The highest BCUT2D eigenvalue weighted by molar-refractivity contribution is 5.96. The Hall–Kier alpha value is -2.08. The van der Waals surface area contributed by atoms with E-state index in [0.29, 0.717) is 24.8 Å². The monoisotopic (exact) mass is 413 g/mol. The molecule has 0 radical (unpaired) electrons. The Balaban J connectivity index is 1.27. The molecule has 0 unspecified atom stereocenters. The second-order valence-corrected chi connectivity index (χ2v) is 9.01. The molecule has 0 N–H and O–H groups in total. The molecule has 1 aromatic carbocycles. The summed E-state index contributed by atoms with van der Waals surface area (Å²) in [5.41, 5.74) is 2.21. The van der Waals surface area contributed by atoms with Crippen molar-refractivity contribution in [2.24, 2.45) is 5.92 Å². The van der Waals surface area contributed by atoms with E-state index in [9.17, 15) is 9.59 Å². The summed E-state index contributed by atoms with van der Waals surface area (Å²) in [6.07, 6.45) is 8.99. The first-order valence-electron chi connectivity index (χ1n) is 11.6. The van der Waals surface area contributed by atoms with Crippen LogP contribution in [0.2, 0.25) is 0 Å². The molecule has 1 saturated heterocycles. The molecule has 2 amide bonds. The molecule has 0 bridgehead atoms. The minimum atomic E-state index is 0.156. The van der Waals surface area contributed by atoms with E-state index in [1.165, 1.54) is 37.7 Å². The fraction of sp³-hybridized carbons (Fsp3) is 0.667. The number of benzene rings is 1. The molecule has 4 rings (SSSR count). The summed E-state index contributed by atoms with van der Waals surface area (Å²) < 4.78 is 5.33. The van der Waals surface area contributed by atoms with Crippen molar-refractivity contribution in [1.29, 1.82) is 0 Å². The van der Waals surface area contributed by atoms with Crippen LogP contribution in [0.25, 0.3) is 0 Å². The topological polar surface area (TPSA) is 53.1 Å². The molecular formula is C24H35N3O3. The maximum atomic E-state index is 13.0. The Morgan fingerprint density at radius 1 is 0.967 bits per heavy atom. The van der Waals surface area contributed by atoms with Crippen LogP contribution in [0.15, 0.2) is 18.2 Å². The summed E-state index contributed by atoms with van der Waals surface area (Å²) in [4.78, 5) is 31.8. The largest absolute Gasteiger partial charge is 0.497 e. The number of nitrogens with zero attached hydrogens (tertiary/aromatic N) is 3. The Labute approximate surface area is 180 Å². The predicted octanol–water partition coefficient (Wildman–Crippen LogP) is 3.09. The van der Waals surface area contributed by atoms with Gasteiger partial charge < -0.3 is 14.5 Å². The van der Waals surface area contributed by atoms with E-state index in [-0.39, 0.29) is 5.91 Å². The van der Waals surface area contributed by atoms with E-state index >= 15 is 0 Å². The van der Waals surface area contributed by atoms with Crippen LogP contribution in [-0.2, 0) is 16.0 Å². The number of amides is 2. The van der Waals surface area contributed by atoms with E-state index in [0.717, 1.165) is 57.0 Å². The molecule has 3 aliphatic rings. The number of carbonyl (C=O) groups excluding carboxylic acids is 2. The summed E-state index contributed by atoms with van der Waals surface area (Å²) in [5, 5.41) is 0. The average Bonchev–Trinajstić information content (AvgIpc) is 2.79. The normalized spacial score (nSPS) is 20.7. The minimum absolute atomic E-state index is 0.156. The fourth-order valence-electron chi connectivity index (χ4n) is 5.16. The fourth-order valence-corrected chi connectivity index (χ4v) is 5.16. The standard InChI is InChI=1S/C24H35N3O3/c1-30-21-9-10-22-20(17-21)8-5-11-27(22)24(29)18-25-12-14-26(15-13-25)23(28)16-19-6-3-2-4-7-19/h9-10,17,19H,2-8,11-16,18H2,1H3. The van der Waals surface area contributed by atoms with Crippen molar-refractivity contribution in [2.75, 3.05) is 51.3 Å². The zero-order valence-corrected chi connectivity index (χ0v) is 18.3. The number of piperazine rings is 1. The van der Waals surface area contributed by atoms with Crippen LogP contribution in [0, 0.1) is 5.92 Å². The SMILES string of the molecule is COc1ccc2c(c1)CCCN2C(=O)CN1CCN(C(=O)CC2CCCCC2)CC1. The molecule has 0 aromatic heterocycles. The molecule has 1 saturated carbocycles. The first-order valence-corrected chi connectivity index (χ1v) is 11.6. The van der Waals surface area contributed by atoms with Gasteiger partial charge in [-0.2, -0.15) is 0 Å². The van der Waals surface area contributed by atoms with Crippen molar-refractivity contribution in [3.63, 3.8) is 0 Å². The molecule has 0 atom stereocenters. The van der Waals surface area contributed by atoms with Crippen molar-refractivity contribution >= 4 is 17.5 Å². The summed E-state index contributed by atoms with van der Waals surface area (Å²) in [5.74, 6) is 1.90. The molecule has 6 nitrogen and oxygen atoms in total. The van der Waals surface area contributed by atoms with Crippen LogP contribution in [0.4, 0.5) is 5.69 Å². The molecule has 2 fully saturated rings. The van der Waals surface area contributed by atoms with Crippen LogP contribution < -0.4 is 9.64 Å². The number of rotatable bonds is 5. The van der Waals surface area contributed by atoms with Crippen molar-refractivity contribution in [3.8, 4) is 5.75 Å². The summed E-state index contributed by atoms with van der Waals surface area (Å²) in [6, 6.07) is 5.99. The molecule has 0 spiro atoms. The van der Waals surface area contributed by atoms with Gasteiger partial charge in [-0.25, -0.2) is 0 Å². The summed E-state index contributed by atoms with van der Waals surface area (Å²) in [6.45, 7) is 4.25. The van der Waals surface area contributed by atoms with Gasteiger partial charge in [-0.15, -0.1) is 0 Å². The molecule has 6 heteroatoms. The zero-order valence-electron chi connectivity index (χ0n) is 18.3. The Kier molecular flexibility index (Phi) is 6.93. The molecule has 2 heterocycles. The second kappa shape index (κ2) is 9.82. The highest BCUT2D eigenvalue weighted by Crippen LogP contribution is 2.31. The van der Waals surface area contributed by atoms with E-state index in [1.54, 1.807) is 7.11 Å². The molecular weight excluding hydrogens is 378 g/mol. The van der Waals surface area contributed by atoms with Crippen molar-refractivity contribution < 1.29 is 14.3 Å². The lowest BCUT2D eigenvalue weighted by Gasteiger charge is -2.37. The van der Waals surface area contributed by atoms with Gasteiger partial charge in [-0.3, -0.25) is 14.5 Å². The quantitative estimate of drug-likeness (QED) is 0.744.